The topological polar surface area (TPSA) is 67.8 Å². The highest BCUT2D eigenvalue weighted by Crippen LogP contribution is 2.31. The molecule has 0 fully saturated rings. The van der Waals surface area contributed by atoms with Crippen LogP contribution in [0.3, 0.4) is 0 Å². The molecule has 0 atom stereocenters. The van der Waals surface area contributed by atoms with E-state index >= 15 is 0 Å². The fourth-order valence-corrected chi connectivity index (χ4v) is 1.51. The smallest absolute Gasteiger partial charge is 0.0656 e. The van der Waals surface area contributed by atoms with Crippen LogP contribution in [-0.2, 0) is 0 Å². The predicted octanol–water partition coefficient (Wildman–Crippen LogP) is 2.50. The molecule has 4 heteroatoms. The van der Waals surface area contributed by atoms with E-state index < -0.39 is 0 Å². The summed E-state index contributed by atoms with van der Waals surface area (Å²) in [5.74, 6) is 0. The van der Waals surface area contributed by atoms with Gasteiger partial charge < -0.3 is 16.5 Å². The van der Waals surface area contributed by atoms with Gasteiger partial charge in [0.25, 0.3) is 0 Å². The molecular formula is C10H10ClN3. The number of rotatable bonds is 1. The average molecular weight is 208 g/mol. The Balaban J connectivity index is 2.60. The van der Waals surface area contributed by atoms with Gasteiger partial charge in [-0.05, 0) is 24.3 Å². The SMILES string of the molecule is Nc1cc(-c2ccc[nH]2)c(N)cc1Cl. The molecule has 14 heavy (non-hydrogen) atoms. The number of aromatic nitrogens is 1. The summed E-state index contributed by atoms with van der Waals surface area (Å²) in [4.78, 5) is 3.06. The number of aromatic amines is 1. The van der Waals surface area contributed by atoms with Gasteiger partial charge in [0.15, 0.2) is 0 Å². The third-order valence-electron chi connectivity index (χ3n) is 2.06. The fraction of sp³-hybridized carbons (Fsp3) is 0. The number of nitrogens with one attached hydrogen (secondary N) is 1. The molecule has 0 saturated carbocycles. The first kappa shape index (κ1) is 8.97. The van der Waals surface area contributed by atoms with E-state index in [1.54, 1.807) is 12.1 Å². The van der Waals surface area contributed by atoms with E-state index in [0.717, 1.165) is 11.3 Å². The van der Waals surface area contributed by atoms with Crippen molar-refractivity contribution in [1.29, 1.82) is 0 Å². The molecule has 0 saturated heterocycles. The van der Waals surface area contributed by atoms with Crippen LogP contribution in [-0.4, -0.2) is 4.98 Å². The standard InChI is InChI=1S/C10H10ClN3/c11-7-5-8(12)6(4-9(7)13)10-2-1-3-14-10/h1-5,14H,12-13H2. The first-order chi connectivity index (χ1) is 6.68. The number of nitrogens with two attached hydrogens (primary N) is 2. The highest BCUT2D eigenvalue weighted by Gasteiger charge is 2.06. The van der Waals surface area contributed by atoms with E-state index in [9.17, 15) is 0 Å². The Morgan fingerprint density at radius 1 is 1.14 bits per heavy atom. The Hall–Kier alpha value is -1.61. The molecule has 0 unspecified atom stereocenters. The van der Waals surface area contributed by atoms with Crippen molar-refractivity contribution in [3.63, 3.8) is 0 Å². The number of benzene rings is 1. The largest absolute Gasteiger partial charge is 0.398 e. The first-order valence-corrected chi connectivity index (χ1v) is 4.54. The molecule has 1 heterocycles. The zero-order valence-electron chi connectivity index (χ0n) is 7.42. The average Bonchev–Trinajstić information content (AvgIpc) is 2.64. The Morgan fingerprint density at radius 3 is 2.57 bits per heavy atom. The Kier molecular flexibility index (Phi) is 2.09. The summed E-state index contributed by atoms with van der Waals surface area (Å²) < 4.78 is 0. The van der Waals surface area contributed by atoms with E-state index in [1.807, 2.05) is 18.3 Å². The van der Waals surface area contributed by atoms with Gasteiger partial charge in [0.1, 0.15) is 0 Å². The molecule has 1 aromatic carbocycles. The van der Waals surface area contributed by atoms with Crippen LogP contribution in [0.25, 0.3) is 11.3 Å². The first-order valence-electron chi connectivity index (χ1n) is 4.17. The zero-order chi connectivity index (χ0) is 10.1. The van der Waals surface area contributed by atoms with Gasteiger partial charge in [-0.25, -0.2) is 0 Å². The van der Waals surface area contributed by atoms with Gasteiger partial charge in [0, 0.05) is 23.1 Å². The molecule has 2 aromatic rings. The van der Waals surface area contributed by atoms with Crippen molar-refractivity contribution in [2.45, 2.75) is 0 Å². The van der Waals surface area contributed by atoms with Crippen LogP contribution in [0.5, 0.6) is 0 Å². The second-order valence-electron chi connectivity index (χ2n) is 3.04. The van der Waals surface area contributed by atoms with Crippen molar-refractivity contribution in [3.05, 3.63) is 35.5 Å². The van der Waals surface area contributed by atoms with Crippen molar-refractivity contribution in [3.8, 4) is 11.3 Å². The number of anilines is 2. The predicted molar refractivity (Wildman–Crippen MR) is 60.1 cm³/mol. The van der Waals surface area contributed by atoms with Gasteiger partial charge >= 0.3 is 0 Å². The fourth-order valence-electron chi connectivity index (χ4n) is 1.34. The number of hydrogen-bond acceptors (Lipinski definition) is 2. The Morgan fingerprint density at radius 2 is 1.93 bits per heavy atom. The summed E-state index contributed by atoms with van der Waals surface area (Å²) in [7, 11) is 0. The monoisotopic (exact) mass is 207 g/mol. The van der Waals surface area contributed by atoms with Crippen LogP contribution in [0.15, 0.2) is 30.5 Å². The lowest BCUT2D eigenvalue weighted by atomic mass is 10.1. The maximum atomic E-state index is 5.83. The van der Waals surface area contributed by atoms with Crippen LogP contribution in [0.4, 0.5) is 11.4 Å². The lowest BCUT2D eigenvalue weighted by Crippen LogP contribution is -1.94. The second-order valence-corrected chi connectivity index (χ2v) is 3.45. The molecule has 0 spiro atoms. The number of nitrogen functional groups attached to an aromatic ring is 2. The molecule has 72 valence electrons. The maximum absolute atomic E-state index is 5.83. The van der Waals surface area contributed by atoms with Crippen LogP contribution in [0, 0.1) is 0 Å². The van der Waals surface area contributed by atoms with Gasteiger partial charge in [-0.1, -0.05) is 11.6 Å². The highest BCUT2D eigenvalue weighted by molar-refractivity contribution is 6.33. The maximum Gasteiger partial charge on any atom is 0.0656 e. The van der Waals surface area contributed by atoms with Crippen molar-refractivity contribution in [2.24, 2.45) is 0 Å². The van der Waals surface area contributed by atoms with Crippen molar-refractivity contribution >= 4 is 23.0 Å². The molecular weight excluding hydrogens is 198 g/mol. The third kappa shape index (κ3) is 1.42. The third-order valence-corrected chi connectivity index (χ3v) is 2.38. The Bertz CT molecular complexity index is 449. The van der Waals surface area contributed by atoms with E-state index in [2.05, 4.69) is 4.98 Å². The van der Waals surface area contributed by atoms with Crippen LogP contribution in [0.1, 0.15) is 0 Å². The summed E-state index contributed by atoms with van der Waals surface area (Å²) in [5.41, 5.74) is 14.5. The minimum atomic E-state index is 0.484. The lowest BCUT2D eigenvalue weighted by molar-refractivity contribution is 1.40. The highest BCUT2D eigenvalue weighted by atomic mass is 35.5. The molecule has 0 aliphatic carbocycles. The van der Waals surface area contributed by atoms with Crippen molar-refractivity contribution in [2.75, 3.05) is 11.5 Å². The van der Waals surface area contributed by atoms with Crippen molar-refractivity contribution in [1.82, 2.24) is 4.98 Å². The van der Waals surface area contributed by atoms with Gasteiger partial charge in [0.05, 0.1) is 10.7 Å². The molecule has 1 aromatic heterocycles. The summed E-state index contributed by atoms with van der Waals surface area (Å²) in [5, 5.41) is 0.484. The minimum Gasteiger partial charge on any atom is -0.398 e. The molecule has 3 nitrogen and oxygen atoms in total. The van der Waals surface area contributed by atoms with Gasteiger partial charge in [-0.15, -0.1) is 0 Å². The molecule has 0 aliphatic heterocycles. The summed E-state index contributed by atoms with van der Waals surface area (Å²) in [6.45, 7) is 0. The van der Waals surface area contributed by atoms with Crippen LogP contribution >= 0.6 is 11.6 Å². The number of hydrogen-bond donors (Lipinski definition) is 3. The summed E-state index contributed by atoms with van der Waals surface area (Å²) in [6, 6.07) is 7.26. The summed E-state index contributed by atoms with van der Waals surface area (Å²) >= 11 is 5.83. The van der Waals surface area contributed by atoms with Crippen LogP contribution in [0.2, 0.25) is 5.02 Å². The van der Waals surface area contributed by atoms with Gasteiger partial charge in [0.2, 0.25) is 0 Å². The van der Waals surface area contributed by atoms with Gasteiger partial charge in [-0.2, -0.15) is 0 Å². The van der Waals surface area contributed by atoms with Gasteiger partial charge in [-0.3, -0.25) is 0 Å². The molecule has 0 amide bonds. The second kappa shape index (κ2) is 3.27. The normalized spacial score (nSPS) is 10.4. The van der Waals surface area contributed by atoms with E-state index in [1.165, 1.54) is 0 Å². The molecule has 0 radical (unpaired) electrons. The molecule has 0 bridgehead atoms. The number of H-pyrrole nitrogens is 1. The number of halogens is 1. The summed E-state index contributed by atoms with van der Waals surface area (Å²) in [6.07, 6.45) is 1.83. The Labute approximate surface area is 86.7 Å². The minimum absolute atomic E-state index is 0.484. The van der Waals surface area contributed by atoms with E-state index in [-0.39, 0.29) is 0 Å². The molecule has 5 N–H and O–H groups in total. The quantitative estimate of drug-likeness (QED) is 0.629. The van der Waals surface area contributed by atoms with E-state index in [4.69, 9.17) is 23.1 Å². The lowest BCUT2D eigenvalue weighted by Gasteiger charge is -2.06. The zero-order valence-corrected chi connectivity index (χ0v) is 8.18. The molecule has 2 rings (SSSR count). The molecule has 0 aliphatic rings. The van der Waals surface area contributed by atoms with Crippen LogP contribution < -0.4 is 11.5 Å². The van der Waals surface area contributed by atoms with E-state index in [0.29, 0.717) is 16.4 Å². The van der Waals surface area contributed by atoms with Crippen molar-refractivity contribution < 1.29 is 0 Å².